The molecule has 2 aliphatic carbocycles. The van der Waals surface area contributed by atoms with Crippen molar-refractivity contribution >= 4 is 5.78 Å². The highest BCUT2D eigenvalue weighted by atomic mass is 16.1. The van der Waals surface area contributed by atoms with Gasteiger partial charge in [0.25, 0.3) is 0 Å². The first kappa shape index (κ1) is 9.95. The smallest absolute Gasteiger partial charge is 0.130 e. The van der Waals surface area contributed by atoms with Crippen LogP contribution in [0.1, 0.15) is 46.5 Å². The van der Waals surface area contributed by atoms with Crippen molar-refractivity contribution in [3.8, 4) is 0 Å². The zero-order chi connectivity index (χ0) is 10.3. The summed E-state index contributed by atoms with van der Waals surface area (Å²) in [5.74, 6) is 2.17. The van der Waals surface area contributed by atoms with E-state index < -0.39 is 0 Å². The lowest BCUT2D eigenvalue weighted by atomic mass is 9.95. The lowest BCUT2D eigenvalue weighted by Crippen LogP contribution is -1.98. The number of ketones is 1. The number of Topliss-reactive ketones (excluding diaryl/α,β-unsaturated/α-hetero) is 1. The number of carbonyl (C=O) groups excluding carboxylic acids is 1. The molecular weight excluding hydrogens is 172 g/mol. The van der Waals surface area contributed by atoms with Crippen LogP contribution < -0.4 is 0 Å². The predicted molar refractivity (Wildman–Crippen MR) is 58.0 cm³/mol. The zero-order valence-electron chi connectivity index (χ0n) is 9.47. The second-order valence-corrected chi connectivity index (χ2v) is 5.54. The van der Waals surface area contributed by atoms with Crippen molar-refractivity contribution < 1.29 is 4.79 Å². The lowest BCUT2D eigenvalue weighted by molar-refractivity contribution is -0.116. The Hall–Kier alpha value is -0.590. The quantitative estimate of drug-likeness (QED) is 0.627. The Morgan fingerprint density at radius 1 is 1.50 bits per heavy atom. The highest BCUT2D eigenvalue weighted by Crippen LogP contribution is 2.64. The average Bonchev–Trinajstić information content (AvgIpc) is 2.66. The van der Waals surface area contributed by atoms with E-state index in [9.17, 15) is 4.79 Å². The predicted octanol–water partition coefficient (Wildman–Crippen LogP) is 3.35. The van der Waals surface area contributed by atoms with Crippen LogP contribution in [0.4, 0.5) is 0 Å². The molecule has 0 saturated heterocycles. The number of rotatable bonds is 3. The van der Waals surface area contributed by atoms with Gasteiger partial charge < -0.3 is 4.79 Å². The van der Waals surface area contributed by atoms with Crippen LogP contribution >= 0.6 is 0 Å². The number of hydrogen-bond acceptors (Lipinski definition) is 1. The summed E-state index contributed by atoms with van der Waals surface area (Å²) in [6.07, 6.45) is 6.65. The van der Waals surface area contributed by atoms with Crippen molar-refractivity contribution in [2.45, 2.75) is 46.5 Å². The topological polar surface area (TPSA) is 17.1 Å². The first-order valence-corrected chi connectivity index (χ1v) is 5.69. The molecule has 1 saturated carbocycles. The SMILES string of the molecule is CC(=O)CCC1=CCC2C(C1)C2(C)C. The molecule has 0 N–H and O–H groups in total. The Morgan fingerprint density at radius 2 is 2.21 bits per heavy atom. The van der Waals surface area contributed by atoms with E-state index in [1.165, 1.54) is 18.4 Å². The van der Waals surface area contributed by atoms with Crippen LogP contribution in [-0.2, 0) is 4.79 Å². The Labute approximate surface area is 86.6 Å². The summed E-state index contributed by atoms with van der Waals surface area (Å²) < 4.78 is 0. The molecule has 0 aromatic heterocycles. The summed E-state index contributed by atoms with van der Waals surface area (Å²) in [7, 11) is 0. The van der Waals surface area contributed by atoms with Gasteiger partial charge in [0, 0.05) is 6.42 Å². The lowest BCUT2D eigenvalue weighted by Gasteiger charge is -2.10. The van der Waals surface area contributed by atoms with Crippen LogP contribution in [0.25, 0.3) is 0 Å². The van der Waals surface area contributed by atoms with Crippen molar-refractivity contribution in [1.82, 2.24) is 0 Å². The molecule has 0 amide bonds. The maximum absolute atomic E-state index is 10.9. The molecule has 0 radical (unpaired) electrons. The number of hydrogen-bond donors (Lipinski definition) is 0. The van der Waals surface area contributed by atoms with Crippen LogP contribution in [0.5, 0.6) is 0 Å². The first-order valence-electron chi connectivity index (χ1n) is 5.69. The summed E-state index contributed by atoms with van der Waals surface area (Å²) in [4.78, 5) is 10.9. The third kappa shape index (κ3) is 1.65. The van der Waals surface area contributed by atoms with Crippen LogP contribution in [-0.4, -0.2) is 5.78 Å². The molecule has 1 heteroatoms. The number of allylic oxidation sites excluding steroid dienone is 2. The van der Waals surface area contributed by atoms with Crippen LogP contribution in [0, 0.1) is 17.3 Å². The van der Waals surface area contributed by atoms with E-state index in [0.29, 0.717) is 11.2 Å². The maximum Gasteiger partial charge on any atom is 0.130 e. The Morgan fingerprint density at radius 3 is 2.79 bits per heavy atom. The van der Waals surface area contributed by atoms with Gasteiger partial charge in [-0.3, -0.25) is 0 Å². The van der Waals surface area contributed by atoms with Gasteiger partial charge in [-0.1, -0.05) is 25.5 Å². The molecule has 2 atom stereocenters. The fraction of sp³-hybridized carbons (Fsp3) is 0.769. The molecular formula is C13H20O. The van der Waals surface area contributed by atoms with Crippen molar-refractivity contribution in [1.29, 1.82) is 0 Å². The highest BCUT2D eigenvalue weighted by molar-refractivity contribution is 5.75. The zero-order valence-corrected chi connectivity index (χ0v) is 9.47. The molecule has 0 heterocycles. The van der Waals surface area contributed by atoms with E-state index in [-0.39, 0.29) is 0 Å². The Bertz CT molecular complexity index is 286. The first-order chi connectivity index (χ1) is 6.51. The van der Waals surface area contributed by atoms with Crippen LogP contribution in [0.3, 0.4) is 0 Å². The standard InChI is InChI=1S/C13H20O/c1-9(14)4-5-10-6-7-11-12(8-10)13(11,2)3/h6,11-12H,4-5,7-8H2,1-3H3. The summed E-state index contributed by atoms with van der Waals surface area (Å²) in [6, 6.07) is 0. The summed E-state index contributed by atoms with van der Waals surface area (Å²) in [6.45, 7) is 6.45. The van der Waals surface area contributed by atoms with E-state index >= 15 is 0 Å². The van der Waals surface area contributed by atoms with Crippen molar-refractivity contribution in [3.05, 3.63) is 11.6 Å². The molecule has 0 bridgehead atoms. The molecule has 78 valence electrons. The third-order valence-corrected chi connectivity index (χ3v) is 4.23. The minimum atomic E-state index is 0.322. The van der Waals surface area contributed by atoms with Gasteiger partial charge in [-0.2, -0.15) is 0 Å². The fourth-order valence-corrected chi connectivity index (χ4v) is 2.93. The molecule has 0 aromatic rings. The Kier molecular flexibility index (Phi) is 2.29. The molecule has 2 unspecified atom stereocenters. The van der Waals surface area contributed by atoms with Gasteiger partial charge in [0.05, 0.1) is 0 Å². The maximum atomic E-state index is 10.9. The highest BCUT2D eigenvalue weighted by Gasteiger charge is 2.57. The van der Waals surface area contributed by atoms with Gasteiger partial charge in [-0.25, -0.2) is 0 Å². The van der Waals surface area contributed by atoms with Gasteiger partial charge in [0.1, 0.15) is 5.78 Å². The summed E-state index contributed by atoms with van der Waals surface area (Å²) in [5.41, 5.74) is 2.11. The monoisotopic (exact) mass is 192 g/mol. The van der Waals surface area contributed by atoms with Crippen molar-refractivity contribution in [2.24, 2.45) is 17.3 Å². The van der Waals surface area contributed by atoms with Gasteiger partial charge in [-0.05, 0) is 43.4 Å². The van der Waals surface area contributed by atoms with Gasteiger partial charge in [-0.15, -0.1) is 0 Å². The summed E-state index contributed by atoms with van der Waals surface area (Å²) >= 11 is 0. The molecule has 1 fully saturated rings. The van der Waals surface area contributed by atoms with E-state index in [1.54, 1.807) is 6.92 Å². The molecule has 0 spiro atoms. The summed E-state index contributed by atoms with van der Waals surface area (Å²) in [5, 5.41) is 0. The number of carbonyl (C=O) groups is 1. The largest absolute Gasteiger partial charge is 0.300 e. The second kappa shape index (κ2) is 3.22. The van der Waals surface area contributed by atoms with Crippen LogP contribution in [0.2, 0.25) is 0 Å². The van der Waals surface area contributed by atoms with Gasteiger partial charge in [0.2, 0.25) is 0 Å². The van der Waals surface area contributed by atoms with Crippen LogP contribution in [0.15, 0.2) is 11.6 Å². The van der Waals surface area contributed by atoms with Crippen molar-refractivity contribution in [2.75, 3.05) is 0 Å². The van der Waals surface area contributed by atoms with Crippen molar-refractivity contribution in [3.63, 3.8) is 0 Å². The number of fused-ring (bicyclic) bond motifs is 1. The minimum Gasteiger partial charge on any atom is -0.300 e. The van der Waals surface area contributed by atoms with E-state index in [4.69, 9.17) is 0 Å². The second-order valence-electron chi connectivity index (χ2n) is 5.54. The van der Waals surface area contributed by atoms with E-state index in [2.05, 4.69) is 19.9 Å². The van der Waals surface area contributed by atoms with E-state index in [0.717, 1.165) is 24.7 Å². The average molecular weight is 192 g/mol. The third-order valence-electron chi connectivity index (χ3n) is 4.23. The van der Waals surface area contributed by atoms with Gasteiger partial charge in [0.15, 0.2) is 0 Å². The molecule has 2 rings (SSSR count). The van der Waals surface area contributed by atoms with Gasteiger partial charge >= 0.3 is 0 Å². The molecule has 0 aliphatic heterocycles. The molecule has 14 heavy (non-hydrogen) atoms. The molecule has 2 aliphatic rings. The fourth-order valence-electron chi connectivity index (χ4n) is 2.93. The van der Waals surface area contributed by atoms with E-state index in [1.807, 2.05) is 0 Å². The molecule has 1 nitrogen and oxygen atoms in total. The Balaban J connectivity index is 1.87. The molecule has 0 aromatic carbocycles. The normalized spacial score (nSPS) is 33.2. The minimum absolute atomic E-state index is 0.322.